The van der Waals surface area contributed by atoms with Gasteiger partial charge in [0.05, 0.1) is 0 Å². The quantitative estimate of drug-likeness (QED) is 0.777. The second-order valence-electron chi connectivity index (χ2n) is 5.71. The third-order valence-electron chi connectivity index (χ3n) is 3.86. The molecule has 18 heavy (non-hydrogen) atoms. The van der Waals surface area contributed by atoms with Gasteiger partial charge in [0.15, 0.2) is 0 Å². The normalized spacial score (nSPS) is 16.0. The van der Waals surface area contributed by atoms with Gasteiger partial charge in [-0.2, -0.15) is 0 Å². The van der Waals surface area contributed by atoms with E-state index in [1.54, 1.807) is 11.1 Å². The minimum atomic E-state index is 0.470. The summed E-state index contributed by atoms with van der Waals surface area (Å²) in [5.74, 6) is 0. The number of nitrogens with zero attached hydrogens (tertiary/aromatic N) is 1. The van der Waals surface area contributed by atoms with Gasteiger partial charge < -0.3 is 10.2 Å². The lowest BCUT2D eigenvalue weighted by atomic mass is 10.0. The van der Waals surface area contributed by atoms with Crippen molar-refractivity contribution in [3.8, 4) is 0 Å². The van der Waals surface area contributed by atoms with Crippen molar-refractivity contribution in [1.82, 2.24) is 10.2 Å². The third kappa shape index (κ3) is 3.56. The van der Waals surface area contributed by atoms with Crippen molar-refractivity contribution in [3.63, 3.8) is 0 Å². The summed E-state index contributed by atoms with van der Waals surface area (Å²) < 4.78 is 0. The van der Waals surface area contributed by atoms with Crippen molar-refractivity contribution in [2.75, 3.05) is 27.2 Å². The van der Waals surface area contributed by atoms with Gasteiger partial charge in [0.1, 0.15) is 0 Å². The minimum Gasteiger partial charge on any atom is -0.310 e. The summed E-state index contributed by atoms with van der Waals surface area (Å²) in [5, 5.41) is 3.62. The van der Waals surface area contributed by atoms with Crippen molar-refractivity contribution in [2.45, 2.75) is 38.6 Å². The average molecular weight is 246 g/mol. The van der Waals surface area contributed by atoms with Gasteiger partial charge in [-0.1, -0.05) is 18.2 Å². The van der Waals surface area contributed by atoms with Crippen molar-refractivity contribution < 1.29 is 0 Å². The molecule has 0 fully saturated rings. The average Bonchev–Trinajstić information content (AvgIpc) is 2.81. The van der Waals surface area contributed by atoms with Crippen LogP contribution in [0, 0.1) is 0 Å². The molecule has 0 saturated heterocycles. The summed E-state index contributed by atoms with van der Waals surface area (Å²) in [6, 6.07) is 7.51. The van der Waals surface area contributed by atoms with E-state index in [2.05, 4.69) is 49.4 Å². The van der Waals surface area contributed by atoms with E-state index in [1.807, 2.05) is 0 Å². The molecule has 0 amide bonds. The maximum atomic E-state index is 3.62. The third-order valence-corrected chi connectivity index (χ3v) is 3.86. The summed E-state index contributed by atoms with van der Waals surface area (Å²) in [5.41, 5.74) is 4.59. The zero-order valence-electron chi connectivity index (χ0n) is 12.0. The zero-order valence-corrected chi connectivity index (χ0v) is 12.0. The molecule has 0 bridgehead atoms. The SMILES string of the molecule is CC(NCCCN(C)C)c1ccc2c(c1)CCC2. The molecule has 100 valence electrons. The fourth-order valence-electron chi connectivity index (χ4n) is 2.69. The van der Waals surface area contributed by atoms with Crippen LogP contribution in [0.3, 0.4) is 0 Å². The van der Waals surface area contributed by atoms with E-state index in [4.69, 9.17) is 0 Å². The molecule has 0 heterocycles. The van der Waals surface area contributed by atoms with Gasteiger partial charge in [0.2, 0.25) is 0 Å². The van der Waals surface area contributed by atoms with E-state index in [1.165, 1.54) is 31.2 Å². The van der Waals surface area contributed by atoms with Crippen LogP contribution in [0.1, 0.15) is 42.5 Å². The van der Waals surface area contributed by atoms with Gasteiger partial charge in [-0.15, -0.1) is 0 Å². The Hall–Kier alpha value is -0.860. The summed E-state index contributed by atoms with van der Waals surface area (Å²) in [7, 11) is 4.26. The standard InChI is InChI=1S/C16H26N2/c1-13(17-10-5-11-18(2)3)15-9-8-14-6-4-7-16(14)12-15/h8-9,12-13,17H,4-7,10-11H2,1-3H3. The highest BCUT2D eigenvalue weighted by atomic mass is 15.1. The first-order valence-corrected chi connectivity index (χ1v) is 7.16. The first kappa shape index (κ1) is 13.6. The summed E-state index contributed by atoms with van der Waals surface area (Å²) >= 11 is 0. The molecular weight excluding hydrogens is 220 g/mol. The Balaban J connectivity index is 1.83. The second-order valence-corrected chi connectivity index (χ2v) is 5.71. The number of hydrogen-bond acceptors (Lipinski definition) is 2. The molecule has 2 nitrogen and oxygen atoms in total. The maximum Gasteiger partial charge on any atom is 0.0291 e. The molecule has 1 aromatic carbocycles. The topological polar surface area (TPSA) is 15.3 Å². The van der Waals surface area contributed by atoms with Gasteiger partial charge in [-0.05, 0) is 76.5 Å². The number of hydrogen-bond donors (Lipinski definition) is 1. The fraction of sp³-hybridized carbons (Fsp3) is 0.625. The van der Waals surface area contributed by atoms with Crippen molar-refractivity contribution in [2.24, 2.45) is 0 Å². The molecule has 0 aromatic heterocycles. The Bertz CT molecular complexity index is 385. The number of rotatable bonds is 6. The van der Waals surface area contributed by atoms with Crippen LogP contribution in [0.25, 0.3) is 0 Å². The first-order chi connectivity index (χ1) is 8.66. The second kappa shape index (κ2) is 6.35. The lowest BCUT2D eigenvalue weighted by molar-refractivity contribution is 0.389. The summed E-state index contributed by atoms with van der Waals surface area (Å²) in [6.07, 6.45) is 5.10. The zero-order chi connectivity index (χ0) is 13.0. The highest BCUT2D eigenvalue weighted by molar-refractivity contribution is 5.36. The lowest BCUT2D eigenvalue weighted by Crippen LogP contribution is -2.23. The van der Waals surface area contributed by atoms with Crippen LogP contribution in [0.2, 0.25) is 0 Å². The summed E-state index contributed by atoms with van der Waals surface area (Å²) in [6.45, 7) is 4.52. The number of fused-ring (bicyclic) bond motifs is 1. The molecule has 0 radical (unpaired) electrons. The van der Waals surface area contributed by atoms with Crippen molar-refractivity contribution in [3.05, 3.63) is 34.9 Å². The predicted molar refractivity (Wildman–Crippen MR) is 78.1 cm³/mol. The van der Waals surface area contributed by atoms with Crippen LogP contribution in [0.4, 0.5) is 0 Å². The fourth-order valence-corrected chi connectivity index (χ4v) is 2.69. The monoisotopic (exact) mass is 246 g/mol. The van der Waals surface area contributed by atoms with Gasteiger partial charge in [-0.3, -0.25) is 0 Å². The molecule has 1 unspecified atom stereocenters. The Morgan fingerprint density at radius 3 is 2.78 bits per heavy atom. The summed E-state index contributed by atoms with van der Waals surface area (Å²) in [4.78, 5) is 2.24. The molecule has 0 aliphatic heterocycles. The smallest absolute Gasteiger partial charge is 0.0291 e. The van der Waals surface area contributed by atoms with Crippen LogP contribution < -0.4 is 5.32 Å². The van der Waals surface area contributed by atoms with Crippen LogP contribution >= 0.6 is 0 Å². The van der Waals surface area contributed by atoms with Crippen LogP contribution in [-0.4, -0.2) is 32.1 Å². The largest absolute Gasteiger partial charge is 0.310 e. The number of nitrogens with one attached hydrogen (secondary N) is 1. The van der Waals surface area contributed by atoms with E-state index in [-0.39, 0.29) is 0 Å². The van der Waals surface area contributed by atoms with Gasteiger partial charge in [0, 0.05) is 6.04 Å². The lowest BCUT2D eigenvalue weighted by Gasteiger charge is -2.16. The maximum absolute atomic E-state index is 3.62. The first-order valence-electron chi connectivity index (χ1n) is 7.16. The molecule has 2 heteroatoms. The minimum absolute atomic E-state index is 0.470. The molecule has 0 spiro atoms. The van der Waals surface area contributed by atoms with E-state index in [0.29, 0.717) is 6.04 Å². The highest BCUT2D eigenvalue weighted by Gasteiger charge is 2.12. The van der Waals surface area contributed by atoms with Crippen LogP contribution in [0.5, 0.6) is 0 Å². The molecule has 1 N–H and O–H groups in total. The Labute approximate surface area is 111 Å². The molecule has 0 saturated carbocycles. The Morgan fingerprint density at radius 1 is 1.22 bits per heavy atom. The van der Waals surface area contributed by atoms with E-state index in [9.17, 15) is 0 Å². The van der Waals surface area contributed by atoms with E-state index in [0.717, 1.165) is 13.1 Å². The molecule has 1 aromatic rings. The van der Waals surface area contributed by atoms with Crippen molar-refractivity contribution in [1.29, 1.82) is 0 Å². The molecule has 1 atom stereocenters. The molecule has 1 aliphatic rings. The van der Waals surface area contributed by atoms with Gasteiger partial charge >= 0.3 is 0 Å². The highest BCUT2D eigenvalue weighted by Crippen LogP contribution is 2.25. The molecule has 2 rings (SSSR count). The molecule has 1 aliphatic carbocycles. The van der Waals surface area contributed by atoms with Crippen molar-refractivity contribution >= 4 is 0 Å². The van der Waals surface area contributed by atoms with Gasteiger partial charge in [-0.25, -0.2) is 0 Å². The Morgan fingerprint density at radius 2 is 2.00 bits per heavy atom. The van der Waals surface area contributed by atoms with E-state index < -0.39 is 0 Å². The predicted octanol–water partition coefficient (Wildman–Crippen LogP) is 2.78. The van der Waals surface area contributed by atoms with Crippen LogP contribution in [0.15, 0.2) is 18.2 Å². The van der Waals surface area contributed by atoms with E-state index >= 15 is 0 Å². The van der Waals surface area contributed by atoms with Crippen LogP contribution in [-0.2, 0) is 12.8 Å². The molecular formula is C16H26N2. The van der Waals surface area contributed by atoms with Gasteiger partial charge in [0.25, 0.3) is 0 Å². The Kier molecular flexibility index (Phi) is 4.79. The number of aryl methyl sites for hydroxylation is 2. The number of benzene rings is 1.